The van der Waals surface area contributed by atoms with E-state index in [-0.39, 0.29) is 5.91 Å². The zero-order valence-corrected chi connectivity index (χ0v) is 12.6. The maximum Gasteiger partial charge on any atom is 0.271 e. The van der Waals surface area contributed by atoms with Crippen LogP contribution in [0.2, 0.25) is 0 Å². The summed E-state index contributed by atoms with van der Waals surface area (Å²) in [4.78, 5) is 16.2. The van der Waals surface area contributed by atoms with Crippen molar-refractivity contribution >= 4 is 17.2 Å². The van der Waals surface area contributed by atoms with E-state index in [4.69, 9.17) is 0 Å². The zero-order valence-electron chi connectivity index (χ0n) is 11.8. The fraction of sp³-hybridized carbons (Fsp3) is 0.500. The lowest BCUT2D eigenvalue weighted by Gasteiger charge is -2.22. The number of hydrogen-bond donors (Lipinski definition) is 2. The lowest BCUT2D eigenvalue weighted by Crippen LogP contribution is -2.32. The highest BCUT2D eigenvalue weighted by Gasteiger charge is 2.17. The smallest absolute Gasteiger partial charge is 0.271 e. The standard InChI is InChI=1S/C14H19N5OS/c20-14(17-6-3-13-16-7-9-21-13)12-4-8-19(18-12)11-2-1-5-15-10-11/h4,7-9,11,15H,1-3,5-6,10H2,(H,17,20). The Hall–Kier alpha value is -1.73. The molecule has 2 aromatic rings. The van der Waals surface area contributed by atoms with Gasteiger partial charge in [0.25, 0.3) is 5.91 Å². The summed E-state index contributed by atoms with van der Waals surface area (Å²) < 4.78 is 1.90. The van der Waals surface area contributed by atoms with Gasteiger partial charge in [-0.25, -0.2) is 4.98 Å². The summed E-state index contributed by atoms with van der Waals surface area (Å²) in [5.74, 6) is -0.117. The van der Waals surface area contributed by atoms with E-state index in [0.717, 1.165) is 37.4 Å². The molecule has 2 aromatic heterocycles. The van der Waals surface area contributed by atoms with E-state index in [1.807, 2.05) is 16.3 Å². The number of nitrogens with zero attached hydrogens (tertiary/aromatic N) is 3. The Kier molecular flexibility index (Phi) is 4.62. The minimum atomic E-state index is -0.117. The number of rotatable bonds is 5. The number of aromatic nitrogens is 3. The minimum Gasteiger partial charge on any atom is -0.350 e. The molecule has 1 aliphatic heterocycles. The Morgan fingerprint density at radius 3 is 3.29 bits per heavy atom. The van der Waals surface area contributed by atoms with Crippen molar-refractivity contribution < 1.29 is 4.79 Å². The van der Waals surface area contributed by atoms with Crippen molar-refractivity contribution in [2.45, 2.75) is 25.3 Å². The van der Waals surface area contributed by atoms with E-state index in [1.165, 1.54) is 0 Å². The molecule has 1 atom stereocenters. The first-order valence-electron chi connectivity index (χ1n) is 7.25. The molecule has 1 unspecified atom stereocenters. The molecule has 6 nitrogen and oxygen atoms in total. The molecule has 0 spiro atoms. The molecule has 3 rings (SSSR count). The van der Waals surface area contributed by atoms with Crippen LogP contribution in [0.4, 0.5) is 0 Å². The van der Waals surface area contributed by atoms with Gasteiger partial charge in [-0.3, -0.25) is 9.48 Å². The van der Waals surface area contributed by atoms with Crippen molar-refractivity contribution in [2.24, 2.45) is 0 Å². The van der Waals surface area contributed by atoms with Gasteiger partial charge in [0, 0.05) is 37.3 Å². The van der Waals surface area contributed by atoms with Crippen LogP contribution in [-0.2, 0) is 6.42 Å². The molecule has 1 aliphatic rings. The first kappa shape index (κ1) is 14.2. The van der Waals surface area contributed by atoms with Crippen LogP contribution < -0.4 is 10.6 Å². The first-order chi connectivity index (χ1) is 10.3. The molecule has 3 heterocycles. The lowest BCUT2D eigenvalue weighted by atomic mass is 10.1. The van der Waals surface area contributed by atoms with E-state index in [1.54, 1.807) is 23.6 Å². The van der Waals surface area contributed by atoms with Gasteiger partial charge >= 0.3 is 0 Å². The van der Waals surface area contributed by atoms with Gasteiger partial charge in [0.2, 0.25) is 0 Å². The van der Waals surface area contributed by atoms with Crippen LogP contribution in [0.1, 0.15) is 34.4 Å². The second-order valence-electron chi connectivity index (χ2n) is 5.11. The topological polar surface area (TPSA) is 71.8 Å². The number of carbonyl (C=O) groups excluding carboxylic acids is 1. The minimum absolute atomic E-state index is 0.117. The molecule has 0 bridgehead atoms. The van der Waals surface area contributed by atoms with Crippen LogP contribution in [-0.4, -0.2) is 40.3 Å². The van der Waals surface area contributed by atoms with Crippen molar-refractivity contribution in [3.63, 3.8) is 0 Å². The summed E-state index contributed by atoms with van der Waals surface area (Å²) in [5, 5.41) is 13.6. The monoisotopic (exact) mass is 305 g/mol. The quantitative estimate of drug-likeness (QED) is 0.872. The molecule has 7 heteroatoms. The Morgan fingerprint density at radius 2 is 2.52 bits per heavy atom. The summed E-state index contributed by atoms with van der Waals surface area (Å²) in [6.07, 6.45) is 6.70. The van der Waals surface area contributed by atoms with Gasteiger partial charge in [-0.1, -0.05) is 0 Å². The predicted molar refractivity (Wildman–Crippen MR) is 81.5 cm³/mol. The molecule has 1 fully saturated rings. The van der Waals surface area contributed by atoms with Crippen molar-refractivity contribution in [3.8, 4) is 0 Å². The fourth-order valence-electron chi connectivity index (χ4n) is 2.47. The third kappa shape index (κ3) is 3.68. The van der Waals surface area contributed by atoms with Crippen LogP contribution in [0.25, 0.3) is 0 Å². The Morgan fingerprint density at radius 1 is 1.57 bits per heavy atom. The number of amides is 1. The van der Waals surface area contributed by atoms with Crippen molar-refractivity contribution in [1.82, 2.24) is 25.4 Å². The molecule has 0 aromatic carbocycles. The molecule has 1 saturated heterocycles. The van der Waals surface area contributed by atoms with Gasteiger partial charge in [-0.2, -0.15) is 5.10 Å². The van der Waals surface area contributed by atoms with Crippen LogP contribution in [0.15, 0.2) is 23.8 Å². The van der Waals surface area contributed by atoms with E-state index in [0.29, 0.717) is 18.3 Å². The van der Waals surface area contributed by atoms with Crippen molar-refractivity contribution in [1.29, 1.82) is 0 Å². The number of carbonyl (C=O) groups is 1. The summed E-state index contributed by atoms with van der Waals surface area (Å²) in [6.45, 7) is 2.58. The number of nitrogens with one attached hydrogen (secondary N) is 2. The van der Waals surface area contributed by atoms with Gasteiger partial charge in [0.05, 0.1) is 11.0 Å². The average Bonchev–Trinajstić information content (AvgIpc) is 3.20. The molecule has 21 heavy (non-hydrogen) atoms. The second-order valence-corrected chi connectivity index (χ2v) is 6.09. The molecular weight excluding hydrogens is 286 g/mol. The maximum absolute atomic E-state index is 12.0. The van der Waals surface area contributed by atoms with E-state index in [2.05, 4.69) is 20.7 Å². The normalized spacial score (nSPS) is 18.6. The Bertz CT molecular complexity index is 574. The second kappa shape index (κ2) is 6.82. The number of hydrogen-bond acceptors (Lipinski definition) is 5. The lowest BCUT2D eigenvalue weighted by molar-refractivity contribution is 0.0948. The number of piperidine rings is 1. The predicted octanol–water partition coefficient (Wildman–Crippen LogP) is 1.24. The van der Waals surface area contributed by atoms with Gasteiger partial charge < -0.3 is 10.6 Å². The number of thiazole rings is 1. The Labute approximate surface area is 127 Å². The third-order valence-electron chi connectivity index (χ3n) is 3.59. The molecule has 0 saturated carbocycles. The zero-order chi connectivity index (χ0) is 14.5. The fourth-order valence-corrected chi connectivity index (χ4v) is 3.09. The highest BCUT2D eigenvalue weighted by atomic mass is 32.1. The first-order valence-corrected chi connectivity index (χ1v) is 8.13. The maximum atomic E-state index is 12.0. The van der Waals surface area contributed by atoms with Gasteiger partial charge in [0.1, 0.15) is 5.69 Å². The van der Waals surface area contributed by atoms with E-state index in [9.17, 15) is 4.79 Å². The molecule has 112 valence electrons. The molecule has 2 N–H and O–H groups in total. The van der Waals surface area contributed by atoms with E-state index >= 15 is 0 Å². The van der Waals surface area contributed by atoms with Crippen LogP contribution in [0, 0.1) is 0 Å². The van der Waals surface area contributed by atoms with Crippen LogP contribution in [0.5, 0.6) is 0 Å². The Balaban J connectivity index is 1.51. The van der Waals surface area contributed by atoms with Gasteiger partial charge in [0.15, 0.2) is 0 Å². The summed E-state index contributed by atoms with van der Waals surface area (Å²) in [6, 6.07) is 2.14. The molecular formula is C14H19N5OS. The highest BCUT2D eigenvalue weighted by Crippen LogP contribution is 2.15. The summed E-state index contributed by atoms with van der Waals surface area (Å²) in [5.41, 5.74) is 0.486. The largest absolute Gasteiger partial charge is 0.350 e. The van der Waals surface area contributed by atoms with Gasteiger partial charge in [-0.05, 0) is 25.5 Å². The highest BCUT2D eigenvalue weighted by molar-refractivity contribution is 7.09. The van der Waals surface area contributed by atoms with Gasteiger partial charge in [-0.15, -0.1) is 11.3 Å². The average molecular weight is 305 g/mol. The molecule has 0 radical (unpaired) electrons. The van der Waals surface area contributed by atoms with Crippen LogP contribution >= 0.6 is 11.3 Å². The molecule has 1 amide bonds. The van der Waals surface area contributed by atoms with Crippen LogP contribution in [0.3, 0.4) is 0 Å². The van der Waals surface area contributed by atoms with E-state index < -0.39 is 0 Å². The van der Waals surface area contributed by atoms with Crippen molar-refractivity contribution in [2.75, 3.05) is 19.6 Å². The summed E-state index contributed by atoms with van der Waals surface area (Å²) in [7, 11) is 0. The summed E-state index contributed by atoms with van der Waals surface area (Å²) >= 11 is 1.60. The van der Waals surface area contributed by atoms with Crippen molar-refractivity contribution in [3.05, 3.63) is 34.5 Å². The SMILES string of the molecule is O=C(NCCc1nccs1)c1ccn(C2CCCNC2)n1. The third-order valence-corrected chi connectivity index (χ3v) is 4.43. The molecule has 0 aliphatic carbocycles.